The van der Waals surface area contributed by atoms with Gasteiger partial charge < -0.3 is 5.11 Å². The number of hydrogen-bond acceptors (Lipinski definition) is 5. The lowest BCUT2D eigenvalue weighted by molar-refractivity contribution is -0.388. The van der Waals surface area contributed by atoms with Crippen LogP contribution in [0.15, 0.2) is 23.1 Å². The van der Waals surface area contributed by atoms with E-state index in [0.717, 1.165) is 16.4 Å². The molecule has 0 fully saturated rings. The van der Waals surface area contributed by atoms with Crippen LogP contribution in [0.2, 0.25) is 0 Å². The van der Waals surface area contributed by atoms with Gasteiger partial charge in [-0.05, 0) is 31.4 Å². The molecule has 0 saturated heterocycles. The molecular formula is C12H17FN2O5S. The summed E-state index contributed by atoms with van der Waals surface area (Å²) in [5, 5.41) is 19.5. The van der Waals surface area contributed by atoms with Crippen molar-refractivity contribution in [1.29, 1.82) is 0 Å². The second-order valence-electron chi connectivity index (χ2n) is 4.48. The molecule has 1 aromatic carbocycles. The van der Waals surface area contributed by atoms with E-state index in [0.29, 0.717) is 25.3 Å². The summed E-state index contributed by atoms with van der Waals surface area (Å²) in [5.41, 5.74) is -0.780. The largest absolute Gasteiger partial charge is 0.396 e. The van der Waals surface area contributed by atoms with Gasteiger partial charge in [-0.2, -0.15) is 0 Å². The summed E-state index contributed by atoms with van der Waals surface area (Å²) in [6, 6.07) is 2.36. The van der Waals surface area contributed by atoms with Crippen LogP contribution in [0.1, 0.15) is 19.3 Å². The van der Waals surface area contributed by atoms with E-state index in [1.54, 1.807) is 0 Å². The molecule has 0 aromatic heterocycles. The van der Waals surface area contributed by atoms with Gasteiger partial charge in [-0.25, -0.2) is 17.1 Å². The van der Waals surface area contributed by atoms with E-state index in [4.69, 9.17) is 5.11 Å². The first-order valence-electron chi connectivity index (χ1n) is 6.32. The minimum Gasteiger partial charge on any atom is -0.396 e. The van der Waals surface area contributed by atoms with E-state index in [1.807, 2.05) is 0 Å². The molecule has 1 rings (SSSR count). The predicted octanol–water partition coefficient (Wildman–Crippen LogP) is 1.52. The number of benzene rings is 1. The smallest absolute Gasteiger partial charge is 0.292 e. The summed E-state index contributed by atoms with van der Waals surface area (Å²) >= 11 is 0. The van der Waals surface area contributed by atoms with Crippen molar-refractivity contribution in [2.75, 3.05) is 20.2 Å². The molecule has 0 aliphatic rings. The molecule has 0 heterocycles. The van der Waals surface area contributed by atoms with Crippen molar-refractivity contribution in [3.63, 3.8) is 0 Å². The fraction of sp³-hybridized carbons (Fsp3) is 0.500. The van der Waals surface area contributed by atoms with E-state index in [2.05, 4.69) is 0 Å². The molecule has 0 aliphatic heterocycles. The third kappa shape index (κ3) is 4.45. The first kappa shape index (κ1) is 17.5. The van der Waals surface area contributed by atoms with Gasteiger partial charge in [0.1, 0.15) is 5.82 Å². The van der Waals surface area contributed by atoms with Crippen LogP contribution in [-0.4, -0.2) is 43.0 Å². The molecule has 0 atom stereocenters. The van der Waals surface area contributed by atoms with Crippen molar-refractivity contribution in [3.8, 4) is 0 Å². The molecule has 0 radical (unpaired) electrons. The van der Waals surface area contributed by atoms with Gasteiger partial charge in [-0.1, -0.05) is 0 Å². The third-order valence-electron chi connectivity index (χ3n) is 2.94. The minimum atomic E-state index is -4.06. The van der Waals surface area contributed by atoms with E-state index in [9.17, 15) is 22.9 Å². The molecular weight excluding hydrogens is 303 g/mol. The van der Waals surface area contributed by atoms with Crippen molar-refractivity contribution >= 4 is 15.7 Å². The van der Waals surface area contributed by atoms with E-state index in [-0.39, 0.29) is 13.2 Å². The zero-order valence-corrected chi connectivity index (χ0v) is 12.3. The zero-order valence-electron chi connectivity index (χ0n) is 11.5. The Balaban J connectivity index is 2.99. The molecule has 21 heavy (non-hydrogen) atoms. The van der Waals surface area contributed by atoms with Crippen molar-refractivity contribution in [2.45, 2.75) is 24.2 Å². The number of nitro benzene ring substituents is 1. The number of aliphatic hydroxyl groups is 1. The normalized spacial score (nSPS) is 11.8. The predicted molar refractivity (Wildman–Crippen MR) is 73.8 cm³/mol. The molecule has 118 valence electrons. The number of sulfonamides is 1. The van der Waals surface area contributed by atoms with E-state index >= 15 is 0 Å². The molecule has 0 amide bonds. The molecule has 0 saturated carbocycles. The Bertz CT molecular complexity index is 606. The highest BCUT2D eigenvalue weighted by Crippen LogP contribution is 2.27. The van der Waals surface area contributed by atoms with E-state index in [1.165, 1.54) is 7.05 Å². The number of aliphatic hydroxyl groups excluding tert-OH is 1. The summed E-state index contributed by atoms with van der Waals surface area (Å²) in [5.74, 6) is -0.869. The molecule has 0 aliphatic carbocycles. The Morgan fingerprint density at radius 3 is 2.57 bits per heavy atom. The zero-order chi connectivity index (χ0) is 16.0. The van der Waals surface area contributed by atoms with Gasteiger partial charge in [-0.3, -0.25) is 10.1 Å². The Kier molecular flexibility index (Phi) is 6.19. The summed E-state index contributed by atoms with van der Waals surface area (Å²) in [4.78, 5) is 9.42. The third-order valence-corrected chi connectivity index (χ3v) is 4.84. The highest BCUT2D eigenvalue weighted by molar-refractivity contribution is 7.89. The molecule has 9 heteroatoms. The SMILES string of the molecule is CN(CCCCCO)S(=O)(=O)c1ccc(F)cc1[N+](=O)[O-]. The number of halogens is 1. The van der Waals surface area contributed by atoms with Crippen molar-refractivity contribution < 1.29 is 22.8 Å². The summed E-state index contributed by atoms with van der Waals surface area (Å²) < 4.78 is 38.6. The average molecular weight is 320 g/mol. The fourth-order valence-corrected chi connectivity index (χ4v) is 3.11. The monoisotopic (exact) mass is 320 g/mol. The second kappa shape index (κ2) is 7.43. The lowest BCUT2D eigenvalue weighted by Gasteiger charge is -2.17. The van der Waals surface area contributed by atoms with Crippen LogP contribution in [0.5, 0.6) is 0 Å². The quantitative estimate of drug-likeness (QED) is 0.444. The minimum absolute atomic E-state index is 0.0277. The highest BCUT2D eigenvalue weighted by Gasteiger charge is 2.29. The van der Waals surface area contributed by atoms with Crippen LogP contribution in [0.3, 0.4) is 0 Å². The number of unbranched alkanes of at least 4 members (excludes halogenated alkanes) is 2. The maximum atomic E-state index is 13.0. The average Bonchev–Trinajstić information content (AvgIpc) is 2.42. The van der Waals surface area contributed by atoms with Crippen molar-refractivity contribution in [1.82, 2.24) is 4.31 Å². The molecule has 0 unspecified atom stereocenters. The van der Waals surface area contributed by atoms with Gasteiger partial charge in [0.2, 0.25) is 10.0 Å². The van der Waals surface area contributed by atoms with E-state index < -0.39 is 31.3 Å². The highest BCUT2D eigenvalue weighted by atomic mass is 32.2. The fourth-order valence-electron chi connectivity index (χ4n) is 1.76. The summed E-state index contributed by atoms with van der Waals surface area (Å²) in [7, 11) is -2.75. The van der Waals surface area contributed by atoms with Crippen LogP contribution in [0.25, 0.3) is 0 Å². The molecule has 0 spiro atoms. The lowest BCUT2D eigenvalue weighted by Crippen LogP contribution is -2.28. The first-order valence-corrected chi connectivity index (χ1v) is 7.76. The van der Waals surface area contributed by atoms with Gasteiger partial charge in [0.05, 0.1) is 11.0 Å². The lowest BCUT2D eigenvalue weighted by atomic mass is 10.2. The van der Waals surface area contributed by atoms with Gasteiger partial charge in [0.25, 0.3) is 5.69 Å². The topological polar surface area (TPSA) is 101 Å². The Hall–Kier alpha value is -1.58. The van der Waals surface area contributed by atoms with Crippen LogP contribution >= 0.6 is 0 Å². The maximum absolute atomic E-state index is 13.0. The Morgan fingerprint density at radius 1 is 1.33 bits per heavy atom. The first-order chi connectivity index (χ1) is 9.80. The summed E-state index contributed by atoms with van der Waals surface area (Å²) in [6.45, 7) is 0.191. The number of rotatable bonds is 8. The van der Waals surface area contributed by atoms with Crippen LogP contribution in [0, 0.1) is 15.9 Å². The maximum Gasteiger partial charge on any atom is 0.292 e. The second-order valence-corrected chi connectivity index (χ2v) is 6.49. The van der Waals surface area contributed by atoms with Gasteiger partial charge >= 0.3 is 0 Å². The molecule has 1 N–H and O–H groups in total. The van der Waals surface area contributed by atoms with Crippen LogP contribution < -0.4 is 0 Å². The van der Waals surface area contributed by atoms with Crippen LogP contribution in [0.4, 0.5) is 10.1 Å². The number of nitrogens with zero attached hydrogens (tertiary/aromatic N) is 2. The molecule has 7 nitrogen and oxygen atoms in total. The summed E-state index contributed by atoms with van der Waals surface area (Å²) in [6.07, 6.45) is 1.72. The van der Waals surface area contributed by atoms with Crippen molar-refractivity contribution in [2.24, 2.45) is 0 Å². The van der Waals surface area contributed by atoms with Crippen molar-refractivity contribution in [3.05, 3.63) is 34.1 Å². The Morgan fingerprint density at radius 2 is 2.00 bits per heavy atom. The molecule has 0 bridgehead atoms. The number of nitro groups is 1. The number of hydrogen-bond donors (Lipinski definition) is 1. The van der Waals surface area contributed by atoms with Gasteiger partial charge in [0.15, 0.2) is 4.90 Å². The molecule has 1 aromatic rings. The van der Waals surface area contributed by atoms with Gasteiger partial charge in [-0.15, -0.1) is 0 Å². The van der Waals surface area contributed by atoms with Gasteiger partial charge in [0, 0.05) is 20.2 Å². The standard InChI is InChI=1S/C12H17FN2O5S/c1-14(7-3-2-4-8-16)21(19,20)12-6-5-10(13)9-11(12)15(17)18/h5-6,9,16H,2-4,7-8H2,1H3. The Labute approximate surface area is 122 Å². The van der Waals surface area contributed by atoms with Crippen LogP contribution in [-0.2, 0) is 10.0 Å².